The molecule has 1 amide bonds. The first-order valence-electron chi connectivity index (χ1n) is 6.08. The summed E-state index contributed by atoms with van der Waals surface area (Å²) >= 11 is 2.94. The molecule has 0 radical (unpaired) electrons. The summed E-state index contributed by atoms with van der Waals surface area (Å²) in [5, 5.41) is 19.0. The van der Waals surface area contributed by atoms with Crippen LogP contribution in [-0.4, -0.2) is 28.7 Å². The SMILES string of the molecule is CCNc1nnc(C(=O)NC(C)Cc2ccsc2)s1. The largest absolute Gasteiger partial charge is 0.360 e. The van der Waals surface area contributed by atoms with Crippen molar-refractivity contribution in [3.8, 4) is 0 Å². The first-order chi connectivity index (χ1) is 9.19. The lowest BCUT2D eigenvalue weighted by atomic mass is 10.1. The van der Waals surface area contributed by atoms with Crippen LogP contribution in [0.25, 0.3) is 0 Å². The van der Waals surface area contributed by atoms with E-state index in [2.05, 4.69) is 32.3 Å². The Kier molecular flexibility index (Phi) is 4.86. The number of amides is 1. The third kappa shape index (κ3) is 4.00. The molecular weight excluding hydrogens is 280 g/mol. The van der Waals surface area contributed by atoms with E-state index in [0.29, 0.717) is 10.1 Å². The van der Waals surface area contributed by atoms with E-state index in [4.69, 9.17) is 0 Å². The summed E-state index contributed by atoms with van der Waals surface area (Å²) in [6, 6.07) is 2.15. The Bertz CT molecular complexity index is 524. The van der Waals surface area contributed by atoms with Gasteiger partial charge in [0, 0.05) is 12.6 Å². The summed E-state index contributed by atoms with van der Waals surface area (Å²) in [5.74, 6) is -0.163. The van der Waals surface area contributed by atoms with Gasteiger partial charge in [-0.15, -0.1) is 10.2 Å². The predicted molar refractivity (Wildman–Crippen MR) is 79.0 cm³/mol. The third-order valence-corrected chi connectivity index (χ3v) is 4.06. The van der Waals surface area contributed by atoms with Crippen molar-refractivity contribution in [3.05, 3.63) is 27.4 Å². The average Bonchev–Trinajstić information content (AvgIpc) is 3.00. The molecule has 0 aliphatic heterocycles. The molecule has 0 bridgehead atoms. The van der Waals surface area contributed by atoms with Crippen molar-refractivity contribution in [2.75, 3.05) is 11.9 Å². The van der Waals surface area contributed by atoms with Crippen LogP contribution in [0.2, 0.25) is 0 Å². The topological polar surface area (TPSA) is 66.9 Å². The van der Waals surface area contributed by atoms with Gasteiger partial charge in [0.1, 0.15) is 0 Å². The lowest BCUT2D eigenvalue weighted by Gasteiger charge is -2.11. The molecule has 0 aliphatic carbocycles. The molecule has 5 nitrogen and oxygen atoms in total. The molecule has 0 fully saturated rings. The molecular formula is C12H16N4OS2. The highest BCUT2D eigenvalue weighted by Crippen LogP contribution is 2.15. The van der Waals surface area contributed by atoms with Gasteiger partial charge in [0.15, 0.2) is 0 Å². The van der Waals surface area contributed by atoms with Crippen molar-refractivity contribution in [1.29, 1.82) is 0 Å². The van der Waals surface area contributed by atoms with Crippen molar-refractivity contribution in [2.24, 2.45) is 0 Å². The zero-order valence-electron chi connectivity index (χ0n) is 10.8. The van der Waals surface area contributed by atoms with Gasteiger partial charge >= 0.3 is 0 Å². The van der Waals surface area contributed by atoms with Crippen LogP contribution >= 0.6 is 22.7 Å². The first-order valence-corrected chi connectivity index (χ1v) is 7.84. The number of thiophene rings is 1. The van der Waals surface area contributed by atoms with E-state index in [1.807, 2.05) is 19.2 Å². The van der Waals surface area contributed by atoms with E-state index in [1.54, 1.807) is 11.3 Å². The molecule has 102 valence electrons. The van der Waals surface area contributed by atoms with E-state index >= 15 is 0 Å². The minimum atomic E-state index is -0.163. The smallest absolute Gasteiger partial charge is 0.282 e. The highest BCUT2D eigenvalue weighted by atomic mass is 32.1. The van der Waals surface area contributed by atoms with Gasteiger partial charge in [-0.3, -0.25) is 4.79 Å². The van der Waals surface area contributed by atoms with Crippen molar-refractivity contribution in [1.82, 2.24) is 15.5 Å². The molecule has 2 N–H and O–H groups in total. The molecule has 2 heterocycles. The first kappa shape index (κ1) is 14.0. The monoisotopic (exact) mass is 296 g/mol. The molecule has 1 unspecified atom stereocenters. The van der Waals surface area contributed by atoms with E-state index in [1.165, 1.54) is 16.9 Å². The van der Waals surface area contributed by atoms with Crippen LogP contribution in [0.15, 0.2) is 16.8 Å². The third-order valence-electron chi connectivity index (χ3n) is 2.45. The molecule has 7 heteroatoms. The van der Waals surface area contributed by atoms with Crippen LogP contribution < -0.4 is 10.6 Å². The van der Waals surface area contributed by atoms with E-state index < -0.39 is 0 Å². The number of nitrogens with one attached hydrogen (secondary N) is 2. The Hall–Kier alpha value is -1.47. The quantitative estimate of drug-likeness (QED) is 0.859. The lowest BCUT2D eigenvalue weighted by molar-refractivity contribution is 0.0939. The van der Waals surface area contributed by atoms with Crippen molar-refractivity contribution in [3.63, 3.8) is 0 Å². The molecule has 0 spiro atoms. The number of nitrogens with zero attached hydrogens (tertiary/aromatic N) is 2. The van der Waals surface area contributed by atoms with E-state index in [9.17, 15) is 4.79 Å². The summed E-state index contributed by atoms with van der Waals surface area (Å²) in [6.45, 7) is 4.73. The van der Waals surface area contributed by atoms with Crippen molar-refractivity contribution >= 4 is 33.7 Å². The van der Waals surface area contributed by atoms with Crippen LogP contribution in [0.1, 0.15) is 29.2 Å². The zero-order chi connectivity index (χ0) is 13.7. The number of carbonyl (C=O) groups is 1. The number of anilines is 1. The number of rotatable bonds is 6. The molecule has 0 saturated carbocycles. The molecule has 0 saturated heterocycles. The van der Waals surface area contributed by atoms with Crippen molar-refractivity contribution < 1.29 is 4.79 Å². The molecule has 19 heavy (non-hydrogen) atoms. The van der Waals surface area contributed by atoms with E-state index in [0.717, 1.165) is 13.0 Å². The minimum absolute atomic E-state index is 0.0774. The van der Waals surface area contributed by atoms with Crippen LogP contribution in [0.4, 0.5) is 5.13 Å². The maximum Gasteiger partial charge on any atom is 0.282 e. The molecule has 0 aliphatic rings. The minimum Gasteiger partial charge on any atom is -0.360 e. The Morgan fingerprint density at radius 2 is 2.32 bits per heavy atom. The normalized spacial score (nSPS) is 12.1. The summed E-state index contributed by atoms with van der Waals surface area (Å²) in [5.41, 5.74) is 1.24. The summed E-state index contributed by atoms with van der Waals surface area (Å²) in [4.78, 5) is 12.0. The maximum atomic E-state index is 12.0. The Morgan fingerprint density at radius 1 is 1.47 bits per heavy atom. The fraction of sp³-hybridized carbons (Fsp3) is 0.417. The summed E-state index contributed by atoms with van der Waals surface area (Å²) in [6.07, 6.45) is 0.827. The van der Waals surface area contributed by atoms with Gasteiger partial charge in [0.05, 0.1) is 0 Å². The van der Waals surface area contributed by atoms with Crippen LogP contribution in [0.5, 0.6) is 0 Å². The molecule has 2 aromatic rings. The molecule has 2 rings (SSSR count). The van der Waals surface area contributed by atoms with Gasteiger partial charge in [-0.1, -0.05) is 11.3 Å². The van der Waals surface area contributed by atoms with Crippen LogP contribution in [0.3, 0.4) is 0 Å². The molecule has 0 aromatic carbocycles. The summed E-state index contributed by atoms with van der Waals surface area (Å²) < 4.78 is 0. The van der Waals surface area contributed by atoms with Gasteiger partial charge in [0.2, 0.25) is 10.1 Å². The zero-order valence-corrected chi connectivity index (χ0v) is 12.5. The highest BCUT2D eigenvalue weighted by Gasteiger charge is 2.15. The maximum absolute atomic E-state index is 12.0. The average molecular weight is 296 g/mol. The molecule has 1 atom stereocenters. The highest BCUT2D eigenvalue weighted by molar-refractivity contribution is 7.17. The Labute approximate surface area is 120 Å². The van der Waals surface area contributed by atoms with Gasteiger partial charge in [-0.2, -0.15) is 11.3 Å². The Balaban J connectivity index is 1.88. The predicted octanol–water partition coefficient (Wildman–Crippen LogP) is 2.39. The number of aromatic nitrogens is 2. The van der Waals surface area contributed by atoms with E-state index in [-0.39, 0.29) is 11.9 Å². The van der Waals surface area contributed by atoms with Crippen LogP contribution in [0, 0.1) is 0 Å². The number of hydrogen-bond donors (Lipinski definition) is 2. The standard InChI is InChI=1S/C12H16N4OS2/c1-3-13-12-16-15-11(19-12)10(17)14-8(2)6-9-4-5-18-7-9/h4-5,7-8H,3,6H2,1-2H3,(H,13,16)(H,14,17). The lowest BCUT2D eigenvalue weighted by Crippen LogP contribution is -2.33. The second-order valence-corrected chi connectivity index (χ2v) is 5.91. The molecule has 2 aromatic heterocycles. The summed E-state index contributed by atoms with van der Waals surface area (Å²) in [7, 11) is 0. The second kappa shape index (κ2) is 6.63. The van der Waals surface area contributed by atoms with Gasteiger partial charge < -0.3 is 10.6 Å². The fourth-order valence-corrected chi connectivity index (χ4v) is 3.03. The Morgan fingerprint density at radius 3 is 3.00 bits per heavy atom. The number of hydrogen-bond acceptors (Lipinski definition) is 6. The van der Waals surface area contributed by atoms with Gasteiger partial charge in [0.25, 0.3) is 5.91 Å². The fourth-order valence-electron chi connectivity index (χ4n) is 1.64. The van der Waals surface area contributed by atoms with Gasteiger partial charge in [-0.05, 0) is 42.7 Å². The van der Waals surface area contributed by atoms with Crippen molar-refractivity contribution in [2.45, 2.75) is 26.3 Å². The second-order valence-electron chi connectivity index (χ2n) is 4.15. The van der Waals surface area contributed by atoms with Gasteiger partial charge in [-0.25, -0.2) is 0 Å². The number of carbonyl (C=O) groups excluding carboxylic acids is 1. The van der Waals surface area contributed by atoms with Crippen LogP contribution in [-0.2, 0) is 6.42 Å².